The van der Waals surface area contributed by atoms with Gasteiger partial charge in [-0.25, -0.2) is 4.99 Å². The van der Waals surface area contributed by atoms with E-state index in [-0.39, 0.29) is 0 Å². The van der Waals surface area contributed by atoms with Crippen LogP contribution in [0.2, 0.25) is 5.02 Å². The Morgan fingerprint density at radius 3 is 2.56 bits per heavy atom. The van der Waals surface area contributed by atoms with Crippen LogP contribution in [0.4, 0.5) is 0 Å². The predicted molar refractivity (Wildman–Crippen MR) is 105 cm³/mol. The van der Waals surface area contributed by atoms with E-state index in [1.807, 2.05) is 31.2 Å². The van der Waals surface area contributed by atoms with Gasteiger partial charge < -0.3 is 10.6 Å². The second kappa shape index (κ2) is 9.47. The van der Waals surface area contributed by atoms with Crippen LogP contribution in [-0.2, 0) is 13.1 Å². The minimum atomic E-state index is 0.442. The van der Waals surface area contributed by atoms with Crippen molar-refractivity contribution in [2.24, 2.45) is 10.9 Å². The molecule has 2 aromatic rings. The van der Waals surface area contributed by atoms with E-state index in [1.54, 1.807) is 0 Å². The summed E-state index contributed by atoms with van der Waals surface area (Å²) in [5.74, 6) is 1.27. The lowest BCUT2D eigenvalue weighted by molar-refractivity contribution is 0.436. The fraction of sp³-hybridized carbons (Fsp3) is 0.474. The van der Waals surface area contributed by atoms with Crippen LogP contribution in [0.3, 0.4) is 0 Å². The van der Waals surface area contributed by atoms with Crippen LogP contribution in [0.5, 0.6) is 0 Å². The van der Waals surface area contributed by atoms with Gasteiger partial charge in [-0.15, -0.1) is 0 Å². The Morgan fingerprint density at radius 2 is 1.96 bits per heavy atom. The Hall–Kier alpha value is -2.01. The van der Waals surface area contributed by atoms with Gasteiger partial charge in [-0.05, 0) is 50.5 Å². The summed E-state index contributed by atoms with van der Waals surface area (Å²) in [7, 11) is 0. The molecule has 2 rings (SSSR count). The van der Waals surface area contributed by atoms with Crippen LogP contribution in [0, 0.1) is 19.8 Å². The number of guanidine groups is 1. The van der Waals surface area contributed by atoms with Gasteiger partial charge in [0.2, 0.25) is 0 Å². The van der Waals surface area contributed by atoms with Crippen molar-refractivity contribution in [2.75, 3.05) is 13.1 Å². The maximum Gasteiger partial charge on any atom is 0.191 e. The average molecular weight is 362 g/mol. The third-order valence-corrected chi connectivity index (χ3v) is 4.14. The zero-order chi connectivity index (χ0) is 18.2. The Bertz CT molecular complexity index is 690. The minimum Gasteiger partial charge on any atom is -0.357 e. The first-order valence-electron chi connectivity index (χ1n) is 8.75. The second-order valence-electron chi connectivity index (χ2n) is 6.42. The maximum atomic E-state index is 5.92. The van der Waals surface area contributed by atoms with Crippen LogP contribution in [0.25, 0.3) is 0 Å². The summed E-state index contributed by atoms with van der Waals surface area (Å²) in [4.78, 5) is 4.64. The minimum absolute atomic E-state index is 0.442. The molecular weight excluding hydrogens is 334 g/mol. The molecular formula is C19H28ClN5. The molecule has 2 N–H and O–H groups in total. The van der Waals surface area contributed by atoms with Crippen LogP contribution >= 0.6 is 11.6 Å². The van der Waals surface area contributed by atoms with E-state index < -0.39 is 0 Å². The number of hydrogen-bond donors (Lipinski definition) is 2. The number of aryl methyl sites for hydroxylation is 2. The van der Waals surface area contributed by atoms with Crippen LogP contribution in [0.15, 0.2) is 35.3 Å². The molecule has 1 heterocycles. The van der Waals surface area contributed by atoms with Crippen molar-refractivity contribution in [3.8, 4) is 0 Å². The van der Waals surface area contributed by atoms with E-state index in [4.69, 9.17) is 11.6 Å². The molecule has 0 aliphatic heterocycles. The molecule has 0 bridgehead atoms. The quantitative estimate of drug-likeness (QED) is 0.585. The van der Waals surface area contributed by atoms with Crippen molar-refractivity contribution in [1.82, 2.24) is 20.4 Å². The molecule has 0 aliphatic carbocycles. The van der Waals surface area contributed by atoms with Gasteiger partial charge in [0.25, 0.3) is 0 Å². The first kappa shape index (κ1) is 19.3. The van der Waals surface area contributed by atoms with E-state index in [9.17, 15) is 0 Å². The third kappa shape index (κ3) is 6.42. The lowest BCUT2D eigenvalue weighted by atomic mass is 10.2. The van der Waals surface area contributed by atoms with Gasteiger partial charge in [0.15, 0.2) is 5.96 Å². The summed E-state index contributed by atoms with van der Waals surface area (Å²) in [5.41, 5.74) is 3.40. The molecule has 25 heavy (non-hydrogen) atoms. The molecule has 5 nitrogen and oxygen atoms in total. The Morgan fingerprint density at radius 1 is 1.24 bits per heavy atom. The SMILES string of the molecule is CCNC(=NCc1ccc(Cl)cc1)NCC(C)Cn1nc(C)cc1C. The molecule has 1 aromatic carbocycles. The normalized spacial score (nSPS) is 12.9. The summed E-state index contributed by atoms with van der Waals surface area (Å²) in [6.07, 6.45) is 0. The predicted octanol–water partition coefficient (Wildman–Crippen LogP) is 3.54. The van der Waals surface area contributed by atoms with Crippen molar-refractivity contribution < 1.29 is 0 Å². The highest BCUT2D eigenvalue weighted by atomic mass is 35.5. The van der Waals surface area contributed by atoms with Gasteiger partial charge in [0.05, 0.1) is 12.2 Å². The largest absolute Gasteiger partial charge is 0.357 e. The van der Waals surface area contributed by atoms with Gasteiger partial charge in [-0.2, -0.15) is 5.10 Å². The van der Waals surface area contributed by atoms with Gasteiger partial charge in [-0.3, -0.25) is 4.68 Å². The third-order valence-electron chi connectivity index (χ3n) is 3.88. The molecule has 0 amide bonds. The van der Waals surface area contributed by atoms with E-state index in [1.165, 1.54) is 5.69 Å². The molecule has 1 atom stereocenters. The highest BCUT2D eigenvalue weighted by Crippen LogP contribution is 2.10. The van der Waals surface area contributed by atoms with Crippen LogP contribution in [0.1, 0.15) is 30.8 Å². The smallest absolute Gasteiger partial charge is 0.191 e. The zero-order valence-electron chi connectivity index (χ0n) is 15.5. The second-order valence-corrected chi connectivity index (χ2v) is 6.85. The first-order valence-corrected chi connectivity index (χ1v) is 9.13. The topological polar surface area (TPSA) is 54.2 Å². The van der Waals surface area contributed by atoms with Gasteiger partial charge >= 0.3 is 0 Å². The molecule has 0 radical (unpaired) electrons. The Labute approximate surface area is 155 Å². The van der Waals surface area contributed by atoms with Crippen LogP contribution in [-0.4, -0.2) is 28.8 Å². The van der Waals surface area contributed by atoms with E-state index in [0.717, 1.165) is 41.9 Å². The summed E-state index contributed by atoms with van der Waals surface area (Å²) in [5, 5.41) is 12.0. The molecule has 0 spiro atoms. The maximum absolute atomic E-state index is 5.92. The molecule has 1 aromatic heterocycles. The molecule has 0 fully saturated rings. The summed E-state index contributed by atoms with van der Waals surface area (Å²) in [6.45, 7) is 11.6. The number of halogens is 1. The van der Waals surface area contributed by atoms with E-state index >= 15 is 0 Å². The van der Waals surface area contributed by atoms with Crippen molar-refractivity contribution in [3.63, 3.8) is 0 Å². The molecule has 0 saturated carbocycles. The summed E-state index contributed by atoms with van der Waals surface area (Å²) in [6, 6.07) is 9.89. The number of aliphatic imine (C=N–C) groups is 1. The zero-order valence-corrected chi connectivity index (χ0v) is 16.3. The lowest BCUT2D eigenvalue weighted by Crippen LogP contribution is -2.40. The summed E-state index contributed by atoms with van der Waals surface area (Å²) >= 11 is 5.92. The first-order chi connectivity index (χ1) is 12.0. The summed E-state index contributed by atoms with van der Waals surface area (Å²) < 4.78 is 2.07. The van der Waals surface area contributed by atoms with Gasteiger partial charge in [0, 0.05) is 30.4 Å². The van der Waals surface area contributed by atoms with Crippen molar-refractivity contribution >= 4 is 17.6 Å². The molecule has 6 heteroatoms. The fourth-order valence-electron chi connectivity index (χ4n) is 2.59. The Kier molecular flexibility index (Phi) is 7.31. The number of hydrogen-bond acceptors (Lipinski definition) is 2. The highest BCUT2D eigenvalue weighted by molar-refractivity contribution is 6.30. The number of rotatable bonds is 7. The Balaban J connectivity index is 1.88. The number of nitrogens with one attached hydrogen (secondary N) is 2. The van der Waals surface area contributed by atoms with Crippen molar-refractivity contribution in [2.45, 2.75) is 40.8 Å². The molecule has 0 aliphatic rings. The fourth-order valence-corrected chi connectivity index (χ4v) is 2.72. The van der Waals surface area contributed by atoms with E-state index in [2.05, 4.69) is 52.2 Å². The molecule has 136 valence electrons. The number of benzene rings is 1. The lowest BCUT2D eigenvalue weighted by Gasteiger charge is -2.16. The average Bonchev–Trinajstić information content (AvgIpc) is 2.89. The van der Waals surface area contributed by atoms with Crippen molar-refractivity contribution in [1.29, 1.82) is 0 Å². The standard InChI is InChI=1S/C19H28ClN5/c1-5-21-19(23-12-17-6-8-18(20)9-7-17)22-11-14(2)13-25-16(4)10-15(3)24-25/h6-10,14H,5,11-13H2,1-4H3,(H2,21,22,23). The number of aromatic nitrogens is 2. The molecule has 0 saturated heterocycles. The van der Waals surface area contributed by atoms with Gasteiger partial charge in [-0.1, -0.05) is 30.7 Å². The van der Waals surface area contributed by atoms with Crippen molar-refractivity contribution in [3.05, 3.63) is 52.3 Å². The van der Waals surface area contributed by atoms with Crippen LogP contribution < -0.4 is 10.6 Å². The molecule has 1 unspecified atom stereocenters. The number of nitrogens with zero attached hydrogens (tertiary/aromatic N) is 3. The monoisotopic (exact) mass is 361 g/mol. The van der Waals surface area contributed by atoms with E-state index in [0.29, 0.717) is 12.5 Å². The van der Waals surface area contributed by atoms with Gasteiger partial charge in [0.1, 0.15) is 0 Å². The highest BCUT2D eigenvalue weighted by Gasteiger charge is 2.08.